The Labute approximate surface area is 249 Å². The monoisotopic (exact) mass is 460 g/mol. The van der Waals surface area contributed by atoms with Crippen molar-refractivity contribution < 1.29 is 108 Å². The van der Waals surface area contributed by atoms with E-state index in [1.54, 1.807) is 5.57 Å². The van der Waals surface area contributed by atoms with E-state index >= 15 is 0 Å². The SMILES string of the molecule is CC(C)(C)C1=C(C(C)(C)C)C(C)(C)CC(c2ccccc2)=C1.O=P([O-])([O-])[O-].[Na+].[Na+].[Na+]. The second kappa shape index (κ2) is 13.6. The molecule has 152 valence electrons. The molecule has 1 aliphatic rings. The van der Waals surface area contributed by atoms with E-state index in [2.05, 4.69) is 91.8 Å². The molecule has 0 unspecified atom stereocenters. The van der Waals surface area contributed by atoms with Crippen molar-refractivity contribution in [3.8, 4) is 0 Å². The summed E-state index contributed by atoms with van der Waals surface area (Å²) in [5.74, 6) is 0. The zero-order valence-corrected chi connectivity index (χ0v) is 27.6. The molecule has 1 aromatic carbocycles. The first-order valence-electron chi connectivity index (χ1n) is 9.18. The molecular formula is C22H32Na3O4P. The molecule has 0 aliphatic heterocycles. The number of benzene rings is 1. The van der Waals surface area contributed by atoms with Gasteiger partial charge in [0.05, 0.1) is 0 Å². The normalized spacial score (nSPS) is 16.0. The van der Waals surface area contributed by atoms with Gasteiger partial charge in [-0.3, -0.25) is 0 Å². The third-order valence-electron chi connectivity index (χ3n) is 4.60. The van der Waals surface area contributed by atoms with E-state index < -0.39 is 7.82 Å². The molecule has 30 heavy (non-hydrogen) atoms. The Morgan fingerprint density at radius 3 is 1.57 bits per heavy atom. The minimum absolute atomic E-state index is 0. The third-order valence-corrected chi connectivity index (χ3v) is 4.60. The van der Waals surface area contributed by atoms with Crippen LogP contribution < -0.4 is 103 Å². The van der Waals surface area contributed by atoms with E-state index in [1.165, 1.54) is 16.7 Å². The topological polar surface area (TPSA) is 86.2 Å². The maximum absolute atomic E-state index is 8.55. The summed E-state index contributed by atoms with van der Waals surface area (Å²) in [6.07, 6.45) is 3.59. The van der Waals surface area contributed by atoms with Gasteiger partial charge in [0.15, 0.2) is 0 Å². The first-order chi connectivity index (χ1) is 11.9. The van der Waals surface area contributed by atoms with Crippen molar-refractivity contribution in [2.45, 2.75) is 61.8 Å². The van der Waals surface area contributed by atoms with Gasteiger partial charge in [-0.25, -0.2) is 0 Å². The van der Waals surface area contributed by atoms with Crippen LogP contribution in [0.3, 0.4) is 0 Å². The number of hydrogen-bond acceptors (Lipinski definition) is 4. The predicted octanol–water partition coefficient (Wildman–Crippen LogP) is -4.92. The van der Waals surface area contributed by atoms with E-state index in [9.17, 15) is 0 Å². The molecule has 0 N–H and O–H groups in total. The Bertz CT molecular complexity index is 760. The molecule has 0 spiro atoms. The molecule has 0 saturated carbocycles. The molecule has 1 aliphatic carbocycles. The van der Waals surface area contributed by atoms with Crippen LogP contribution in [0.2, 0.25) is 0 Å². The minimum atomic E-state index is -5.39. The van der Waals surface area contributed by atoms with Crippen molar-refractivity contribution in [2.24, 2.45) is 16.2 Å². The standard InChI is InChI=1S/C22H32.3Na.H3O4P/c1-20(2,3)18-14-17(16-12-10-9-11-13-16)15-22(7,8)19(18)21(4,5)6;;;;1-5(2,3)4/h9-14H,15H2,1-8H3;;;;(H3,1,2,3,4)/q;3*+1;/p-3. The molecule has 0 atom stereocenters. The molecule has 0 aromatic heterocycles. The maximum Gasteiger partial charge on any atom is 1.00 e. The fourth-order valence-electron chi connectivity index (χ4n) is 4.07. The molecule has 2 rings (SSSR count). The van der Waals surface area contributed by atoms with Crippen LogP contribution in [0.5, 0.6) is 0 Å². The van der Waals surface area contributed by atoms with Crippen LogP contribution in [0.25, 0.3) is 5.57 Å². The predicted molar refractivity (Wildman–Crippen MR) is 106 cm³/mol. The van der Waals surface area contributed by atoms with Crippen molar-refractivity contribution in [1.29, 1.82) is 0 Å². The average molecular weight is 460 g/mol. The van der Waals surface area contributed by atoms with Crippen molar-refractivity contribution in [3.63, 3.8) is 0 Å². The quantitative estimate of drug-likeness (QED) is 0.311. The summed E-state index contributed by atoms with van der Waals surface area (Å²) >= 11 is 0. The maximum atomic E-state index is 8.55. The molecule has 0 bridgehead atoms. The van der Waals surface area contributed by atoms with Gasteiger partial charge in [0.1, 0.15) is 0 Å². The molecular weight excluding hydrogens is 428 g/mol. The van der Waals surface area contributed by atoms with Crippen LogP contribution in [0.4, 0.5) is 0 Å². The first-order valence-corrected chi connectivity index (χ1v) is 10.6. The van der Waals surface area contributed by atoms with Crippen molar-refractivity contribution in [1.82, 2.24) is 0 Å². The van der Waals surface area contributed by atoms with Gasteiger partial charge < -0.3 is 19.2 Å². The van der Waals surface area contributed by atoms with Crippen LogP contribution in [-0.4, -0.2) is 0 Å². The Hall–Kier alpha value is 1.81. The second-order valence-corrected chi connectivity index (χ2v) is 10.7. The number of allylic oxidation sites excluding steroid dienone is 4. The van der Waals surface area contributed by atoms with Gasteiger partial charge in [0, 0.05) is 0 Å². The Balaban J connectivity index is -0.000000819. The van der Waals surface area contributed by atoms with Crippen LogP contribution in [0.1, 0.15) is 67.4 Å². The minimum Gasteiger partial charge on any atom is -0.822 e. The van der Waals surface area contributed by atoms with Crippen molar-refractivity contribution in [3.05, 3.63) is 53.1 Å². The molecule has 0 heterocycles. The smallest absolute Gasteiger partial charge is 0.822 e. The molecule has 8 heteroatoms. The summed E-state index contributed by atoms with van der Waals surface area (Å²) in [6, 6.07) is 10.9. The fourth-order valence-corrected chi connectivity index (χ4v) is 4.07. The Kier molecular flexibility index (Phi) is 16.5. The van der Waals surface area contributed by atoms with E-state index in [0.29, 0.717) is 0 Å². The fraction of sp³-hybridized carbons (Fsp3) is 0.545. The van der Waals surface area contributed by atoms with E-state index in [1.807, 2.05) is 0 Å². The molecule has 4 nitrogen and oxygen atoms in total. The van der Waals surface area contributed by atoms with Crippen LogP contribution in [0.15, 0.2) is 47.6 Å². The van der Waals surface area contributed by atoms with Crippen LogP contribution in [-0.2, 0) is 4.57 Å². The summed E-state index contributed by atoms with van der Waals surface area (Å²) in [7, 11) is -5.39. The van der Waals surface area contributed by atoms with Gasteiger partial charge >= 0.3 is 88.7 Å². The zero-order chi connectivity index (χ0) is 21.3. The zero-order valence-electron chi connectivity index (χ0n) is 20.8. The largest absolute Gasteiger partial charge is 1.00 e. The molecule has 0 amide bonds. The summed E-state index contributed by atoms with van der Waals surface area (Å²) in [6.45, 7) is 18.9. The Morgan fingerprint density at radius 1 is 0.833 bits per heavy atom. The van der Waals surface area contributed by atoms with Gasteiger partial charge in [0.2, 0.25) is 0 Å². The average Bonchev–Trinajstić information content (AvgIpc) is 2.42. The van der Waals surface area contributed by atoms with Crippen molar-refractivity contribution >= 4 is 13.4 Å². The summed E-state index contributed by atoms with van der Waals surface area (Å²) < 4.78 is 8.55. The van der Waals surface area contributed by atoms with Gasteiger partial charge in [-0.1, -0.05) is 97.4 Å². The second-order valence-electron chi connectivity index (χ2n) is 9.83. The number of hydrogen-bond donors (Lipinski definition) is 0. The molecule has 1 aromatic rings. The Morgan fingerprint density at radius 2 is 1.23 bits per heavy atom. The van der Waals surface area contributed by atoms with E-state index in [4.69, 9.17) is 19.2 Å². The van der Waals surface area contributed by atoms with Crippen LogP contribution in [0, 0.1) is 16.2 Å². The molecule has 0 saturated heterocycles. The number of rotatable bonds is 1. The molecule has 0 radical (unpaired) electrons. The number of phosphoric acid groups is 1. The van der Waals surface area contributed by atoms with E-state index in [-0.39, 0.29) is 105 Å². The summed E-state index contributed by atoms with van der Waals surface area (Å²) in [4.78, 5) is 25.6. The van der Waals surface area contributed by atoms with Crippen molar-refractivity contribution in [2.75, 3.05) is 0 Å². The van der Waals surface area contributed by atoms with E-state index in [0.717, 1.165) is 6.42 Å². The molecule has 0 fully saturated rings. The summed E-state index contributed by atoms with van der Waals surface area (Å²) in [5, 5.41) is 0. The first kappa shape index (κ1) is 36.4. The van der Waals surface area contributed by atoms with Crippen LogP contribution >= 0.6 is 7.82 Å². The van der Waals surface area contributed by atoms with Gasteiger partial charge in [-0.15, -0.1) is 0 Å². The van der Waals surface area contributed by atoms with Gasteiger partial charge in [-0.2, -0.15) is 7.82 Å². The van der Waals surface area contributed by atoms with Gasteiger partial charge in [0.25, 0.3) is 0 Å². The van der Waals surface area contributed by atoms with Gasteiger partial charge in [-0.05, 0) is 39.4 Å². The summed E-state index contributed by atoms with van der Waals surface area (Å²) in [5.41, 5.74) is 6.54. The third kappa shape index (κ3) is 12.3.